The molecule has 0 bridgehead atoms. The minimum atomic E-state index is -0.978. The summed E-state index contributed by atoms with van der Waals surface area (Å²) in [5, 5.41) is 8.34. The molecule has 0 spiro atoms. The molecule has 0 amide bonds. The zero-order valence-electron chi connectivity index (χ0n) is 6.36. The monoisotopic (exact) mass is 230 g/mol. The van der Waals surface area contributed by atoms with E-state index in [-0.39, 0.29) is 0 Å². The Kier molecular flexibility index (Phi) is 2.65. The fraction of sp³-hybridized carbons (Fsp3) is 0.143. The molecule has 1 rings (SSSR count). The molecule has 0 unspecified atom stereocenters. The van der Waals surface area contributed by atoms with E-state index in [1.54, 1.807) is 17.8 Å². The number of aryl methyl sites for hydroxylation is 1. The van der Waals surface area contributed by atoms with Crippen molar-refractivity contribution in [3.8, 4) is 0 Å². The second-order valence-electron chi connectivity index (χ2n) is 2.20. The third kappa shape index (κ3) is 2.20. The topological polar surface area (TPSA) is 55.1 Å². The van der Waals surface area contributed by atoms with Crippen LogP contribution in [0.1, 0.15) is 5.82 Å². The highest BCUT2D eigenvalue weighted by atomic mass is 79.9. The molecule has 0 fully saturated rings. The first-order chi connectivity index (χ1) is 5.59. The van der Waals surface area contributed by atoms with Gasteiger partial charge >= 0.3 is 5.97 Å². The Morgan fingerprint density at radius 3 is 2.92 bits per heavy atom. The molecule has 1 aromatic heterocycles. The van der Waals surface area contributed by atoms with Gasteiger partial charge in [0.1, 0.15) is 10.4 Å². The molecule has 0 atom stereocenters. The minimum absolute atomic E-state index is 0.601. The number of carboxylic acid groups (broad SMARTS) is 1. The highest BCUT2D eigenvalue weighted by molar-refractivity contribution is 9.10. The van der Waals surface area contributed by atoms with E-state index in [1.165, 1.54) is 6.08 Å². The van der Waals surface area contributed by atoms with Gasteiger partial charge in [0.2, 0.25) is 0 Å². The normalized spacial score (nSPS) is 10.8. The molecule has 1 N–H and O–H groups in total. The minimum Gasteiger partial charge on any atom is -0.478 e. The summed E-state index contributed by atoms with van der Waals surface area (Å²) in [6.07, 6.45) is 4.24. The number of carboxylic acids is 1. The Balaban J connectivity index is 2.89. The van der Waals surface area contributed by atoms with E-state index >= 15 is 0 Å². The summed E-state index contributed by atoms with van der Waals surface area (Å²) in [6, 6.07) is 0. The van der Waals surface area contributed by atoms with E-state index < -0.39 is 5.97 Å². The third-order valence-electron chi connectivity index (χ3n) is 1.26. The zero-order chi connectivity index (χ0) is 9.14. The van der Waals surface area contributed by atoms with Gasteiger partial charge in [-0.25, -0.2) is 9.78 Å². The summed E-state index contributed by atoms with van der Waals surface area (Å²) in [5.41, 5.74) is 0. The maximum Gasteiger partial charge on any atom is 0.328 e. The Hall–Kier alpha value is -1.10. The molecule has 1 aromatic rings. The second kappa shape index (κ2) is 3.53. The molecule has 0 aliphatic heterocycles. The molecule has 64 valence electrons. The van der Waals surface area contributed by atoms with Crippen LogP contribution in [0.4, 0.5) is 0 Å². The van der Waals surface area contributed by atoms with Gasteiger partial charge in [0.25, 0.3) is 0 Å². The van der Waals surface area contributed by atoms with Gasteiger partial charge in [-0.1, -0.05) is 0 Å². The predicted octanol–water partition coefficient (Wildman–Crippen LogP) is 1.28. The van der Waals surface area contributed by atoms with Crippen molar-refractivity contribution in [3.05, 3.63) is 22.7 Å². The lowest BCUT2D eigenvalue weighted by Crippen LogP contribution is -1.91. The summed E-state index contributed by atoms with van der Waals surface area (Å²) in [6.45, 7) is 0. The van der Waals surface area contributed by atoms with Crippen molar-refractivity contribution < 1.29 is 9.90 Å². The van der Waals surface area contributed by atoms with Crippen molar-refractivity contribution in [1.29, 1.82) is 0 Å². The van der Waals surface area contributed by atoms with Crippen molar-refractivity contribution in [3.63, 3.8) is 0 Å². The highest BCUT2D eigenvalue weighted by Gasteiger charge is 1.98. The average Bonchev–Trinajstić information content (AvgIpc) is 2.26. The van der Waals surface area contributed by atoms with Crippen LogP contribution >= 0.6 is 15.9 Å². The Morgan fingerprint density at radius 2 is 2.50 bits per heavy atom. The van der Waals surface area contributed by atoms with Gasteiger partial charge in [-0.15, -0.1) is 0 Å². The quantitative estimate of drug-likeness (QED) is 0.780. The van der Waals surface area contributed by atoms with E-state index in [9.17, 15) is 4.79 Å². The van der Waals surface area contributed by atoms with E-state index in [1.807, 2.05) is 0 Å². The van der Waals surface area contributed by atoms with Crippen LogP contribution in [0.25, 0.3) is 6.08 Å². The van der Waals surface area contributed by atoms with Crippen molar-refractivity contribution in [2.24, 2.45) is 7.05 Å². The lowest BCUT2D eigenvalue weighted by Gasteiger charge is -1.90. The number of hydrogen-bond acceptors (Lipinski definition) is 2. The first-order valence-electron chi connectivity index (χ1n) is 3.19. The van der Waals surface area contributed by atoms with Gasteiger partial charge in [-0.05, 0) is 22.0 Å². The van der Waals surface area contributed by atoms with Crippen LogP contribution in [0, 0.1) is 0 Å². The number of aromatic nitrogens is 2. The van der Waals surface area contributed by atoms with Crippen LogP contribution in [0.2, 0.25) is 0 Å². The number of carbonyl (C=O) groups is 1. The largest absolute Gasteiger partial charge is 0.478 e. The average molecular weight is 231 g/mol. The molecule has 0 saturated carbocycles. The van der Waals surface area contributed by atoms with E-state index in [0.717, 1.165) is 6.08 Å². The first kappa shape index (κ1) is 8.99. The molecular formula is C7H7BrN2O2. The van der Waals surface area contributed by atoms with Gasteiger partial charge in [0, 0.05) is 19.3 Å². The fourth-order valence-electron chi connectivity index (χ4n) is 0.744. The van der Waals surface area contributed by atoms with Crippen LogP contribution in [0.15, 0.2) is 16.9 Å². The first-order valence-corrected chi connectivity index (χ1v) is 3.99. The number of aliphatic carboxylic acids is 1. The molecule has 0 aliphatic carbocycles. The van der Waals surface area contributed by atoms with E-state index in [0.29, 0.717) is 10.4 Å². The molecule has 4 nitrogen and oxygen atoms in total. The Morgan fingerprint density at radius 1 is 1.83 bits per heavy atom. The summed E-state index contributed by atoms with van der Waals surface area (Å²) in [4.78, 5) is 14.2. The summed E-state index contributed by atoms with van der Waals surface area (Å²) >= 11 is 3.18. The standard InChI is InChI=1S/C7H7BrN2O2/c1-10-4-5(8)9-6(10)2-3-7(11)12/h2-4H,1H3,(H,11,12). The van der Waals surface area contributed by atoms with E-state index in [4.69, 9.17) is 5.11 Å². The number of rotatable bonds is 2. The molecule has 0 saturated heterocycles. The van der Waals surface area contributed by atoms with Crippen molar-refractivity contribution in [2.75, 3.05) is 0 Å². The SMILES string of the molecule is Cn1cc(Br)nc1C=CC(=O)O. The van der Waals surface area contributed by atoms with Crippen molar-refractivity contribution >= 4 is 28.0 Å². The predicted molar refractivity (Wildman–Crippen MR) is 47.6 cm³/mol. The molecule has 0 aromatic carbocycles. The summed E-state index contributed by atoms with van der Waals surface area (Å²) < 4.78 is 2.42. The second-order valence-corrected chi connectivity index (χ2v) is 3.02. The van der Waals surface area contributed by atoms with Crippen LogP contribution < -0.4 is 0 Å². The molecule has 0 radical (unpaired) electrons. The lowest BCUT2D eigenvalue weighted by molar-refractivity contribution is -0.131. The zero-order valence-corrected chi connectivity index (χ0v) is 7.95. The van der Waals surface area contributed by atoms with Crippen LogP contribution in [-0.2, 0) is 11.8 Å². The van der Waals surface area contributed by atoms with Gasteiger partial charge < -0.3 is 9.67 Å². The number of nitrogens with zero attached hydrogens (tertiary/aromatic N) is 2. The van der Waals surface area contributed by atoms with E-state index in [2.05, 4.69) is 20.9 Å². The molecular weight excluding hydrogens is 224 g/mol. The smallest absolute Gasteiger partial charge is 0.328 e. The molecule has 5 heteroatoms. The maximum absolute atomic E-state index is 10.2. The fourth-order valence-corrected chi connectivity index (χ4v) is 1.23. The maximum atomic E-state index is 10.2. The third-order valence-corrected chi connectivity index (χ3v) is 1.64. The van der Waals surface area contributed by atoms with Crippen molar-refractivity contribution in [2.45, 2.75) is 0 Å². The van der Waals surface area contributed by atoms with Crippen LogP contribution in [0.5, 0.6) is 0 Å². The van der Waals surface area contributed by atoms with Gasteiger partial charge in [0.05, 0.1) is 0 Å². The highest BCUT2D eigenvalue weighted by Crippen LogP contribution is 2.08. The van der Waals surface area contributed by atoms with Gasteiger partial charge in [-0.2, -0.15) is 0 Å². The van der Waals surface area contributed by atoms with Crippen LogP contribution in [0.3, 0.4) is 0 Å². The number of imidazole rings is 1. The lowest BCUT2D eigenvalue weighted by atomic mass is 10.5. The Bertz CT molecular complexity index is 330. The van der Waals surface area contributed by atoms with Crippen molar-refractivity contribution in [1.82, 2.24) is 9.55 Å². The Labute approximate surface area is 77.7 Å². The molecule has 1 heterocycles. The van der Waals surface area contributed by atoms with Gasteiger partial charge in [-0.3, -0.25) is 0 Å². The van der Waals surface area contributed by atoms with Crippen LogP contribution in [-0.4, -0.2) is 20.6 Å². The van der Waals surface area contributed by atoms with Gasteiger partial charge in [0.15, 0.2) is 0 Å². The summed E-state index contributed by atoms with van der Waals surface area (Å²) in [5.74, 6) is -0.376. The number of halogens is 1. The summed E-state index contributed by atoms with van der Waals surface area (Å²) in [7, 11) is 1.79. The number of hydrogen-bond donors (Lipinski definition) is 1. The molecule has 0 aliphatic rings. The molecule has 12 heavy (non-hydrogen) atoms.